The van der Waals surface area contributed by atoms with E-state index < -0.39 is 44.7 Å². The first kappa shape index (κ1) is 49.4. The van der Waals surface area contributed by atoms with Crippen molar-refractivity contribution in [1.82, 2.24) is 0 Å². The lowest BCUT2D eigenvalue weighted by atomic mass is 9.88. The Morgan fingerprint density at radius 1 is 0.736 bits per heavy atom. The van der Waals surface area contributed by atoms with Crippen LogP contribution in [0.4, 0.5) is 0 Å². The molecule has 0 unspecified atom stereocenters. The van der Waals surface area contributed by atoms with E-state index in [0.717, 1.165) is 57.8 Å². The Kier molecular flexibility index (Phi) is 29.4. The summed E-state index contributed by atoms with van der Waals surface area (Å²) in [6, 6.07) is 0. The number of ketones is 1. The Morgan fingerprint density at radius 3 is 1.77 bits per heavy atom. The van der Waals surface area contributed by atoms with Gasteiger partial charge in [0, 0.05) is 25.2 Å². The zero-order chi connectivity index (χ0) is 39.2. The predicted octanol–water partition coefficient (Wildman–Crippen LogP) is 9.22. The molecule has 0 aromatic carbocycles. The molecule has 0 radical (unpaired) electrons. The normalized spacial score (nSPS) is 18.8. The first-order chi connectivity index (χ1) is 25.5. The van der Waals surface area contributed by atoms with Gasteiger partial charge in [0.05, 0.1) is 18.8 Å². The first-order valence-electron chi connectivity index (χ1n) is 21.1. The second-order valence-electron chi connectivity index (χ2n) is 15.1. The van der Waals surface area contributed by atoms with Gasteiger partial charge in [-0.1, -0.05) is 154 Å². The average Bonchev–Trinajstić information content (AvgIpc) is 3.38. The molecule has 1 aliphatic rings. The second kappa shape index (κ2) is 31.6. The van der Waals surface area contributed by atoms with Crippen LogP contribution in [0.25, 0.3) is 0 Å². The number of Topliss-reactive ketones (excluding diaryl/α,β-unsaturated/α-hetero) is 1. The van der Waals surface area contributed by atoms with Gasteiger partial charge >= 0.3 is 19.8 Å². The summed E-state index contributed by atoms with van der Waals surface area (Å²) >= 11 is 0. The van der Waals surface area contributed by atoms with E-state index in [4.69, 9.17) is 19.3 Å². The molecule has 0 aromatic rings. The zero-order valence-corrected chi connectivity index (χ0v) is 34.0. The van der Waals surface area contributed by atoms with Gasteiger partial charge in [-0.15, -0.1) is 0 Å². The lowest BCUT2D eigenvalue weighted by Crippen LogP contribution is -2.29. The number of rotatable bonds is 35. The van der Waals surface area contributed by atoms with Gasteiger partial charge in [-0.3, -0.25) is 18.9 Å². The van der Waals surface area contributed by atoms with E-state index in [1.54, 1.807) is 12.2 Å². The van der Waals surface area contributed by atoms with Crippen LogP contribution in [0.1, 0.15) is 187 Å². The number of phosphoric ester groups is 1. The van der Waals surface area contributed by atoms with E-state index in [1.807, 2.05) is 0 Å². The Balaban J connectivity index is 2.25. The van der Waals surface area contributed by atoms with Crippen molar-refractivity contribution in [2.75, 3.05) is 13.2 Å². The third kappa shape index (κ3) is 27.6. The SMILES string of the molecule is CCCCCCCCCCCCCCCCCC(=O)O[C@H](COC(=O)CCCCCC[C@H]1[C@@H](O)CC(=O)[C@@H]1/C=C/[C@@H](O)CCCCC)COP(=O)(O)O. The summed E-state index contributed by atoms with van der Waals surface area (Å²) in [5.41, 5.74) is 0. The first-order valence-corrected chi connectivity index (χ1v) is 22.6. The van der Waals surface area contributed by atoms with Gasteiger partial charge in [0.2, 0.25) is 0 Å². The van der Waals surface area contributed by atoms with Crippen molar-refractivity contribution in [3.63, 3.8) is 0 Å². The van der Waals surface area contributed by atoms with Gasteiger partial charge in [0.1, 0.15) is 12.4 Å². The maximum Gasteiger partial charge on any atom is 0.469 e. The zero-order valence-electron chi connectivity index (χ0n) is 33.1. The molecule has 5 atom stereocenters. The number of hydrogen-bond donors (Lipinski definition) is 4. The molecule has 0 bridgehead atoms. The minimum absolute atomic E-state index is 0.00227. The topological polar surface area (TPSA) is 177 Å². The summed E-state index contributed by atoms with van der Waals surface area (Å²) in [5, 5.41) is 20.7. The number of esters is 2. The van der Waals surface area contributed by atoms with Crippen LogP contribution in [0.2, 0.25) is 0 Å². The molecule has 11 nitrogen and oxygen atoms in total. The Bertz CT molecular complexity index is 1030. The highest BCUT2D eigenvalue weighted by atomic mass is 31.2. The molecule has 4 N–H and O–H groups in total. The molecule has 0 amide bonds. The highest BCUT2D eigenvalue weighted by molar-refractivity contribution is 7.46. The van der Waals surface area contributed by atoms with Crippen LogP contribution in [0.15, 0.2) is 12.2 Å². The van der Waals surface area contributed by atoms with Gasteiger partial charge in [-0.05, 0) is 31.6 Å². The minimum Gasteiger partial charge on any atom is -0.462 e. The molecule has 1 aliphatic carbocycles. The average molecular weight is 775 g/mol. The summed E-state index contributed by atoms with van der Waals surface area (Å²) in [6.45, 7) is 3.39. The van der Waals surface area contributed by atoms with Crippen LogP contribution >= 0.6 is 7.82 Å². The quantitative estimate of drug-likeness (QED) is 0.0209. The molecule has 0 spiro atoms. The highest BCUT2D eigenvalue weighted by Crippen LogP contribution is 2.36. The molecule has 1 fully saturated rings. The van der Waals surface area contributed by atoms with E-state index >= 15 is 0 Å². The summed E-state index contributed by atoms with van der Waals surface area (Å²) in [5.74, 6) is -1.60. The van der Waals surface area contributed by atoms with E-state index in [0.29, 0.717) is 25.7 Å². The Labute approximate surface area is 320 Å². The molecular formula is C41H75O11P. The predicted molar refractivity (Wildman–Crippen MR) is 208 cm³/mol. The lowest BCUT2D eigenvalue weighted by molar-refractivity contribution is -0.161. The van der Waals surface area contributed by atoms with Crippen LogP contribution in [-0.2, 0) is 32.9 Å². The van der Waals surface area contributed by atoms with Crippen LogP contribution < -0.4 is 0 Å². The van der Waals surface area contributed by atoms with Gasteiger partial charge in [0.15, 0.2) is 6.10 Å². The molecule has 12 heteroatoms. The lowest BCUT2D eigenvalue weighted by Gasteiger charge is -2.19. The molecule has 0 aromatic heterocycles. The number of aliphatic hydroxyl groups is 2. The van der Waals surface area contributed by atoms with E-state index in [-0.39, 0.29) is 43.5 Å². The van der Waals surface area contributed by atoms with Gasteiger partial charge in [-0.2, -0.15) is 0 Å². The third-order valence-electron chi connectivity index (χ3n) is 10.2. The Hall–Kier alpha value is -1.62. The van der Waals surface area contributed by atoms with E-state index in [1.165, 1.54) is 70.6 Å². The molecule has 310 valence electrons. The summed E-state index contributed by atoms with van der Waals surface area (Å²) < 4.78 is 26.4. The van der Waals surface area contributed by atoms with Gasteiger partial charge in [-0.25, -0.2) is 4.57 Å². The number of unbranched alkanes of at least 4 members (excludes halogenated alkanes) is 19. The fourth-order valence-corrected chi connectivity index (χ4v) is 7.34. The molecular weight excluding hydrogens is 699 g/mol. The van der Waals surface area contributed by atoms with Crippen LogP contribution in [0, 0.1) is 11.8 Å². The molecule has 0 saturated heterocycles. The summed E-state index contributed by atoms with van der Waals surface area (Å²) in [7, 11) is -4.81. The number of carbonyl (C=O) groups is 3. The molecule has 1 saturated carbocycles. The third-order valence-corrected chi connectivity index (χ3v) is 10.7. The fourth-order valence-electron chi connectivity index (χ4n) is 6.98. The van der Waals surface area contributed by atoms with Crippen LogP contribution in [0.5, 0.6) is 0 Å². The van der Waals surface area contributed by atoms with E-state index in [2.05, 4.69) is 18.4 Å². The van der Waals surface area contributed by atoms with E-state index in [9.17, 15) is 29.2 Å². The number of ether oxygens (including phenoxy) is 2. The standard InChI is InChI=1S/C41H75O11P/c1-3-5-7-8-9-10-11-12-13-14-15-16-17-18-24-28-41(46)52-35(33-51-53(47,48)49)32-50-40(45)27-23-20-19-22-26-36-37(39(44)31-38(36)43)30-29-34(42)25-21-6-4-2/h29-30,34-38,42-43H,3-28,31-33H2,1-2H3,(H2,47,48,49)/b30-29+/t34-,35+,36+,37+,38-/m0/s1. The monoisotopic (exact) mass is 775 g/mol. The van der Waals surface area contributed by atoms with Crippen molar-refractivity contribution in [3.8, 4) is 0 Å². The van der Waals surface area contributed by atoms with Crippen molar-refractivity contribution in [1.29, 1.82) is 0 Å². The van der Waals surface area contributed by atoms with Crippen molar-refractivity contribution in [3.05, 3.63) is 12.2 Å². The van der Waals surface area contributed by atoms with Crippen molar-refractivity contribution in [2.24, 2.45) is 11.8 Å². The molecule has 0 heterocycles. The minimum atomic E-state index is -4.81. The van der Waals surface area contributed by atoms with Crippen molar-refractivity contribution < 1.29 is 52.9 Å². The summed E-state index contributed by atoms with van der Waals surface area (Å²) in [4.78, 5) is 55.5. The maximum atomic E-state index is 12.5. The smallest absolute Gasteiger partial charge is 0.462 e. The summed E-state index contributed by atoms with van der Waals surface area (Å²) in [6.07, 6.45) is 26.9. The fraction of sp³-hybridized carbons (Fsp3) is 0.878. The number of aliphatic hydroxyl groups excluding tert-OH is 2. The number of allylic oxidation sites excluding steroid dienone is 1. The van der Waals surface area contributed by atoms with Crippen LogP contribution in [0.3, 0.4) is 0 Å². The Morgan fingerprint density at radius 2 is 1.23 bits per heavy atom. The number of phosphoric acid groups is 1. The van der Waals surface area contributed by atoms with Gasteiger partial charge < -0.3 is 29.5 Å². The van der Waals surface area contributed by atoms with Crippen molar-refractivity contribution in [2.45, 2.75) is 206 Å². The molecule has 0 aliphatic heterocycles. The number of hydrogen-bond acceptors (Lipinski definition) is 9. The van der Waals surface area contributed by atoms with Crippen molar-refractivity contribution >= 4 is 25.5 Å². The van der Waals surface area contributed by atoms with Crippen LogP contribution in [-0.4, -0.2) is 69.2 Å². The largest absolute Gasteiger partial charge is 0.469 e. The highest BCUT2D eigenvalue weighted by Gasteiger charge is 2.39. The number of carbonyl (C=O) groups excluding carboxylic acids is 3. The molecule has 53 heavy (non-hydrogen) atoms. The maximum absolute atomic E-state index is 12.5. The molecule has 1 rings (SSSR count). The second-order valence-corrected chi connectivity index (χ2v) is 16.3. The van der Waals surface area contributed by atoms with Gasteiger partial charge in [0.25, 0.3) is 0 Å².